The lowest BCUT2D eigenvalue weighted by molar-refractivity contribution is 0.290. The van der Waals surface area contributed by atoms with E-state index in [2.05, 4.69) is 28.8 Å². The molecule has 0 aliphatic heterocycles. The van der Waals surface area contributed by atoms with E-state index in [1.54, 1.807) is 23.6 Å². The summed E-state index contributed by atoms with van der Waals surface area (Å²) in [7, 11) is 1.80. The fraction of sp³-hybridized carbons (Fsp3) is 0.400. The smallest absolute Gasteiger partial charge is 0.268 e. The van der Waals surface area contributed by atoms with Crippen LogP contribution in [-0.2, 0) is 7.05 Å². The molecule has 0 radical (unpaired) electrons. The number of ether oxygens (including phenoxy) is 1. The maximum absolute atomic E-state index is 12.6. The summed E-state index contributed by atoms with van der Waals surface area (Å²) < 4.78 is 11.8. The number of anilines is 1. The molecule has 7 heteroatoms. The van der Waals surface area contributed by atoms with Crippen LogP contribution in [-0.4, -0.2) is 21.9 Å². The van der Waals surface area contributed by atoms with E-state index in [0.29, 0.717) is 18.4 Å². The first kappa shape index (κ1) is 18.4. The molecule has 0 amide bonds. The Morgan fingerprint density at radius 3 is 2.93 bits per heavy atom. The van der Waals surface area contributed by atoms with Crippen molar-refractivity contribution in [1.29, 1.82) is 0 Å². The molecule has 27 heavy (non-hydrogen) atoms. The number of rotatable bonds is 7. The summed E-state index contributed by atoms with van der Waals surface area (Å²) in [5.74, 6) is 2.25. The molecule has 1 N–H and O–H groups in total. The quantitative estimate of drug-likeness (QED) is 0.574. The molecule has 5 nitrogen and oxygen atoms in total. The highest BCUT2D eigenvalue weighted by molar-refractivity contribution is 8.00. The van der Waals surface area contributed by atoms with Crippen LogP contribution in [0.4, 0.5) is 5.69 Å². The van der Waals surface area contributed by atoms with Gasteiger partial charge in [0.2, 0.25) is 5.88 Å². The zero-order chi connectivity index (χ0) is 19.0. The third kappa shape index (κ3) is 3.84. The van der Waals surface area contributed by atoms with Crippen LogP contribution in [0.3, 0.4) is 0 Å². The van der Waals surface area contributed by atoms with Crippen LogP contribution >= 0.6 is 23.3 Å². The van der Waals surface area contributed by atoms with Crippen molar-refractivity contribution in [3.05, 3.63) is 39.8 Å². The molecule has 1 saturated carbocycles. The summed E-state index contributed by atoms with van der Waals surface area (Å²) in [6, 6.07) is 4.16. The Bertz CT molecular complexity index is 1040. The third-order valence-corrected chi connectivity index (χ3v) is 6.32. The number of nitrogens with one attached hydrogen (secondary N) is 1. The van der Waals surface area contributed by atoms with E-state index >= 15 is 0 Å². The summed E-state index contributed by atoms with van der Waals surface area (Å²) >= 11 is 3.17. The molecule has 0 aromatic carbocycles. The van der Waals surface area contributed by atoms with Crippen LogP contribution in [0.25, 0.3) is 21.2 Å². The van der Waals surface area contributed by atoms with Gasteiger partial charge in [0.25, 0.3) is 5.56 Å². The summed E-state index contributed by atoms with van der Waals surface area (Å²) in [6.07, 6.45) is 6.17. The number of nitrogens with zero attached hydrogens (tertiary/aromatic N) is 2. The zero-order valence-corrected chi connectivity index (χ0v) is 17.4. The second-order valence-corrected chi connectivity index (χ2v) is 9.25. The Balaban J connectivity index is 1.85. The maximum Gasteiger partial charge on any atom is 0.268 e. The first-order chi connectivity index (χ1) is 13.1. The van der Waals surface area contributed by atoms with Gasteiger partial charge in [0.05, 0.1) is 18.5 Å². The molecular formula is C20H23N3O2S2. The lowest BCUT2D eigenvalue weighted by atomic mass is 10.0. The average molecular weight is 402 g/mol. The second-order valence-electron chi connectivity index (χ2n) is 6.92. The van der Waals surface area contributed by atoms with E-state index in [1.165, 1.54) is 24.2 Å². The standard InChI is InChI=1S/C20H23N3O2S2/c1-4-26-22-14-8-16(19(21-9-14)25-11-13-5-6-13)17-10-23(3)20(24)18-15(17)7-12(2)27-18/h7-10,13,22H,4-6,11H2,1-3H3. The molecular weight excluding hydrogens is 378 g/mol. The van der Waals surface area contributed by atoms with Gasteiger partial charge in [0.15, 0.2) is 0 Å². The van der Waals surface area contributed by atoms with E-state index in [4.69, 9.17) is 4.74 Å². The zero-order valence-electron chi connectivity index (χ0n) is 15.7. The summed E-state index contributed by atoms with van der Waals surface area (Å²) in [4.78, 5) is 18.3. The van der Waals surface area contributed by atoms with Gasteiger partial charge in [-0.15, -0.1) is 11.3 Å². The Labute approximate surface area is 166 Å². The molecule has 4 rings (SSSR count). The van der Waals surface area contributed by atoms with Crippen LogP contribution < -0.4 is 15.0 Å². The minimum atomic E-state index is 0.0380. The average Bonchev–Trinajstić information content (AvgIpc) is 3.41. The van der Waals surface area contributed by atoms with E-state index in [0.717, 1.165) is 37.5 Å². The van der Waals surface area contributed by atoms with E-state index < -0.39 is 0 Å². The SMILES string of the molecule is CCSNc1cnc(OCC2CC2)c(-c2cn(C)c(=O)c3sc(C)cc23)c1. The van der Waals surface area contributed by atoms with Gasteiger partial charge in [-0.3, -0.25) is 4.79 Å². The molecule has 1 aliphatic carbocycles. The highest BCUT2D eigenvalue weighted by Crippen LogP contribution is 2.38. The molecule has 0 saturated heterocycles. The number of hydrogen-bond donors (Lipinski definition) is 1. The number of fused-ring (bicyclic) bond motifs is 1. The molecule has 0 atom stereocenters. The highest BCUT2D eigenvalue weighted by atomic mass is 32.2. The Hall–Kier alpha value is -1.99. The predicted molar refractivity (Wildman–Crippen MR) is 115 cm³/mol. The van der Waals surface area contributed by atoms with Gasteiger partial charge in [-0.25, -0.2) is 4.98 Å². The summed E-state index contributed by atoms with van der Waals surface area (Å²) in [6.45, 7) is 4.84. The van der Waals surface area contributed by atoms with Crippen molar-refractivity contribution < 1.29 is 4.74 Å². The molecule has 1 aliphatic rings. The maximum atomic E-state index is 12.6. The Kier molecular flexibility index (Phi) is 5.14. The van der Waals surface area contributed by atoms with Gasteiger partial charge >= 0.3 is 0 Å². The number of thiophene rings is 1. The predicted octanol–water partition coefficient (Wildman–Crippen LogP) is 4.84. The normalized spacial score (nSPS) is 13.9. The van der Waals surface area contributed by atoms with Crippen LogP contribution in [0.1, 0.15) is 24.6 Å². The number of pyridine rings is 2. The first-order valence-corrected chi connectivity index (χ1v) is 11.0. The molecule has 3 heterocycles. The van der Waals surface area contributed by atoms with E-state index in [-0.39, 0.29) is 5.56 Å². The minimum absolute atomic E-state index is 0.0380. The molecule has 3 aromatic heterocycles. The summed E-state index contributed by atoms with van der Waals surface area (Å²) in [5, 5.41) is 0.971. The van der Waals surface area contributed by atoms with Gasteiger partial charge in [0, 0.05) is 40.4 Å². The topological polar surface area (TPSA) is 56.2 Å². The highest BCUT2D eigenvalue weighted by Gasteiger charge is 2.24. The molecule has 0 spiro atoms. The van der Waals surface area contributed by atoms with Crippen molar-refractivity contribution in [3.8, 4) is 17.0 Å². The van der Waals surface area contributed by atoms with Crippen LogP contribution in [0.15, 0.2) is 29.3 Å². The number of hydrogen-bond acceptors (Lipinski definition) is 6. The van der Waals surface area contributed by atoms with Crippen molar-refractivity contribution in [1.82, 2.24) is 9.55 Å². The van der Waals surface area contributed by atoms with Crippen molar-refractivity contribution >= 4 is 39.1 Å². The molecule has 142 valence electrons. The lowest BCUT2D eigenvalue weighted by Crippen LogP contribution is -2.15. The van der Waals surface area contributed by atoms with Gasteiger partial charge in [-0.05, 0) is 37.8 Å². The minimum Gasteiger partial charge on any atom is -0.477 e. The number of aryl methyl sites for hydroxylation is 2. The Morgan fingerprint density at radius 2 is 2.19 bits per heavy atom. The molecule has 1 fully saturated rings. The van der Waals surface area contributed by atoms with E-state index in [9.17, 15) is 4.79 Å². The fourth-order valence-corrected chi connectivity index (χ4v) is 4.45. The van der Waals surface area contributed by atoms with Crippen LogP contribution in [0, 0.1) is 12.8 Å². The molecule has 0 bridgehead atoms. The van der Waals surface area contributed by atoms with Crippen molar-refractivity contribution in [3.63, 3.8) is 0 Å². The molecule has 0 unspecified atom stereocenters. The van der Waals surface area contributed by atoms with Gasteiger partial charge in [-0.2, -0.15) is 0 Å². The van der Waals surface area contributed by atoms with Gasteiger partial charge in [-0.1, -0.05) is 18.9 Å². The van der Waals surface area contributed by atoms with Gasteiger partial charge < -0.3 is 14.0 Å². The number of aromatic nitrogens is 2. The lowest BCUT2D eigenvalue weighted by Gasteiger charge is -2.14. The molecule has 3 aromatic rings. The van der Waals surface area contributed by atoms with Crippen molar-refractivity contribution in [2.24, 2.45) is 13.0 Å². The summed E-state index contributed by atoms with van der Waals surface area (Å²) in [5.41, 5.74) is 2.89. The van der Waals surface area contributed by atoms with Gasteiger partial charge in [0.1, 0.15) is 4.70 Å². The largest absolute Gasteiger partial charge is 0.477 e. The van der Waals surface area contributed by atoms with Crippen LogP contribution in [0.2, 0.25) is 0 Å². The first-order valence-electron chi connectivity index (χ1n) is 9.17. The van der Waals surface area contributed by atoms with E-state index in [1.807, 2.05) is 19.3 Å². The Morgan fingerprint density at radius 1 is 1.37 bits per heavy atom. The second kappa shape index (κ2) is 7.56. The van der Waals surface area contributed by atoms with Crippen molar-refractivity contribution in [2.45, 2.75) is 26.7 Å². The third-order valence-electron chi connectivity index (χ3n) is 4.61. The monoisotopic (exact) mass is 401 g/mol. The fourth-order valence-electron chi connectivity index (χ4n) is 3.02. The van der Waals surface area contributed by atoms with Crippen LogP contribution in [0.5, 0.6) is 5.88 Å². The van der Waals surface area contributed by atoms with Crippen molar-refractivity contribution in [2.75, 3.05) is 17.1 Å².